The first kappa shape index (κ1) is 14.9. The molecule has 0 spiro atoms. The normalized spacial score (nSPS) is 18.2. The Morgan fingerprint density at radius 2 is 2.33 bits per heavy atom. The first-order valence-corrected chi connectivity index (χ1v) is 5.94. The van der Waals surface area contributed by atoms with Gasteiger partial charge < -0.3 is 10.6 Å². The SMILES string of the molecule is Cc1cc(C(=O)NCC2CCCN2)ccc1F.Cl. The summed E-state index contributed by atoms with van der Waals surface area (Å²) in [5, 5.41) is 6.17. The van der Waals surface area contributed by atoms with Gasteiger partial charge in [0.2, 0.25) is 0 Å². The maximum atomic E-state index is 13.1. The summed E-state index contributed by atoms with van der Waals surface area (Å²) in [6.07, 6.45) is 2.26. The number of halogens is 2. The van der Waals surface area contributed by atoms with Crippen molar-refractivity contribution in [3.8, 4) is 0 Å². The van der Waals surface area contributed by atoms with Gasteiger partial charge in [-0.25, -0.2) is 4.39 Å². The largest absolute Gasteiger partial charge is 0.350 e. The number of amides is 1. The highest BCUT2D eigenvalue weighted by Gasteiger charge is 2.15. The number of hydrogen-bond acceptors (Lipinski definition) is 2. The van der Waals surface area contributed by atoms with Crippen molar-refractivity contribution >= 4 is 18.3 Å². The third kappa shape index (κ3) is 3.68. The monoisotopic (exact) mass is 272 g/mol. The average molecular weight is 273 g/mol. The van der Waals surface area contributed by atoms with Gasteiger partial charge in [-0.05, 0) is 50.1 Å². The summed E-state index contributed by atoms with van der Waals surface area (Å²) in [5.41, 5.74) is 1.01. The minimum Gasteiger partial charge on any atom is -0.350 e. The summed E-state index contributed by atoms with van der Waals surface area (Å²) in [5.74, 6) is -0.416. The molecular weight excluding hydrogens is 255 g/mol. The van der Waals surface area contributed by atoms with Gasteiger partial charge in [-0.3, -0.25) is 4.79 Å². The molecule has 1 unspecified atom stereocenters. The Hall–Kier alpha value is -1.13. The molecule has 0 aliphatic carbocycles. The number of carbonyl (C=O) groups is 1. The average Bonchev–Trinajstić information content (AvgIpc) is 2.82. The van der Waals surface area contributed by atoms with E-state index in [4.69, 9.17) is 0 Å². The molecule has 1 heterocycles. The van der Waals surface area contributed by atoms with Gasteiger partial charge in [-0.15, -0.1) is 12.4 Å². The molecule has 5 heteroatoms. The Morgan fingerprint density at radius 1 is 1.56 bits per heavy atom. The van der Waals surface area contributed by atoms with Crippen LogP contribution in [0.3, 0.4) is 0 Å². The molecule has 0 aromatic heterocycles. The van der Waals surface area contributed by atoms with Crippen LogP contribution in [0.5, 0.6) is 0 Å². The molecule has 0 saturated carbocycles. The molecule has 1 atom stereocenters. The van der Waals surface area contributed by atoms with Crippen molar-refractivity contribution in [3.63, 3.8) is 0 Å². The van der Waals surface area contributed by atoms with E-state index >= 15 is 0 Å². The first-order chi connectivity index (χ1) is 8.16. The van der Waals surface area contributed by atoms with Crippen LogP contribution in [0, 0.1) is 12.7 Å². The van der Waals surface area contributed by atoms with Crippen molar-refractivity contribution < 1.29 is 9.18 Å². The molecule has 3 nitrogen and oxygen atoms in total. The third-order valence-corrected chi connectivity index (χ3v) is 3.09. The van der Waals surface area contributed by atoms with E-state index in [9.17, 15) is 9.18 Å². The second kappa shape index (κ2) is 6.71. The number of rotatable bonds is 3. The van der Waals surface area contributed by atoms with Crippen LogP contribution in [0.2, 0.25) is 0 Å². The van der Waals surface area contributed by atoms with E-state index in [-0.39, 0.29) is 24.1 Å². The van der Waals surface area contributed by atoms with Crippen LogP contribution in [-0.4, -0.2) is 25.0 Å². The van der Waals surface area contributed by atoms with Gasteiger partial charge in [0.25, 0.3) is 5.91 Å². The molecule has 1 amide bonds. The van der Waals surface area contributed by atoms with E-state index in [1.807, 2.05) is 0 Å². The van der Waals surface area contributed by atoms with E-state index in [1.165, 1.54) is 12.1 Å². The van der Waals surface area contributed by atoms with E-state index in [2.05, 4.69) is 10.6 Å². The molecular formula is C13H18ClFN2O. The fourth-order valence-corrected chi connectivity index (χ4v) is 2.03. The Labute approximate surface area is 113 Å². The number of nitrogens with one attached hydrogen (secondary N) is 2. The second-order valence-electron chi connectivity index (χ2n) is 4.47. The number of aryl methyl sites for hydroxylation is 1. The van der Waals surface area contributed by atoms with E-state index in [1.54, 1.807) is 13.0 Å². The van der Waals surface area contributed by atoms with E-state index in [0.29, 0.717) is 23.7 Å². The van der Waals surface area contributed by atoms with Crippen molar-refractivity contribution in [3.05, 3.63) is 35.1 Å². The summed E-state index contributed by atoms with van der Waals surface area (Å²) in [6.45, 7) is 3.32. The molecule has 18 heavy (non-hydrogen) atoms. The molecule has 0 bridgehead atoms. The Balaban J connectivity index is 0.00000162. The van der Waals surface area contributed by atoms with Crippen molar-refractivity contribution in [2.75, 3.05) is 13.1 Å². The highest BCUT2D eigenvalue weighted by atomic mass is 35.5. The number of carbonyl (C=O) groups excluding carboxylic acids is 1. The highest BCUT2D eigenvalue weighted by molar-refractivity contribution is 5.94. The van der Waals surface area contributed by atoms with Crippen molar-refractivity contribution in [2.24, 2.45) is 0 Å². The molecule has 1 aliphatic heterocycles. The van der Waals surface area contributed by atoms with Crippen molar-refractivity contribution in [1.82, 2.24) is 10.6 Å². The molecule has 1 aliphatic rings. The zero-order valence-electron chi connectivity index (χ0n) is 10.3. The van der Waals surface area contributed by atoms with Gasteiger partial charge in [-0.1, -0.05) is 0 Å². The standard InChI is InChI=1S/C13H17FN2O.ClH/c1-9-7-10(4-5-12(9)14)13(17)16-8-11-3-2-6-15-11;/h4-5,7,11,15H,2-3,6,8H2,1H3,(H,16,17);1H. The zero-order valence-corrected chi connectivity index (χ0v) is 11.1. The Bertz CT molecular complexity index is 419. The fraction of sp³-hybridized carbons (Fsp3) is 0.462. The number of hydrogen-bond donors (Lipinski definition) is 2. The highest BCUT2D eigenvalue weighted by Crippen LogP contribution is 2.09. The third-order valence-electron chi connectivity index (χ3n) is 3.09. The first-order valence-electron chi connectivity index (χ1n) is 5.94. The molecule has 1 saturated heterocycles. The lowest BCUT2D eigenvalue weighted by Gasteiger charge is -2.11. The molecule has 1 fully saturated rings. The van der Waals surface area contributed by atoms with Crippen molar-refractivity contribution in [1.29, 1.82) is 0 Å². The summed E-state index contributed by atoms with van der Waals surface area (Å²) in [6, 6.07) is 4.80. The van der Waals surface area contributed by atoms with Crippen LogP contribution in [0.4, 0.5) is 4.39 Å². The maximum Gasteiger partial charge on any atom is 0.251 e. The van der Waals surface area contributed by atoms with Crippen LogP contribution in [-0.2, 0) is 0 Å². The zero-order chi connectivity index (χ0) is 12.3. The topological polar surface area (TPSA) is 41.1 Å². The minimum atomic E-state index is -0.279. The summed E-state index contributed by atoms with van der Waals surface area (Å²) < 4.78 is 13.1. The van der Waals surface area contributed by atoms with Crippen LogP contribution in [0.1, 0.15) is 28.8 Å². The predicted molar refractivity (Wildman–Crippen MR) is 71.7 cm³/mol. The molecule has 1 aromatic carbocycles. The second-order valence-corrected chi connectivity index (χ2v) is 4.47. The molecule has 1 aromatic rings. The maximum absolute atomic E-state index is 13.1. The smallest absolute Gasteiger partial charge is 0.251 e. The number of benzene rings is 1. The van der Waals surface area contributed by atoms with Gasteiger partial charge in [0.1, 0.15) is 5.82 Å². The lowest BCUT2D eigenvalue weighted by molar-refractivity contribution is 0.0950. The summed E-state index contributed by atoms with van der Waals surface area (Å²) in [4.78, 5) is 11.8. The predicted octanol–water partition coefficient (Wildman–Crippen LogP) is 2.04. The van der Waals surface area contributed by atoms with Gasteiger partial charge in [0.05, 0.1) is 0 Å². The van der Waals surface area contributed by atoms with Gasteiger partial charge in [0, 0.05) is 18.2 Å². The van der Waals surface area contributed by atoms with Crippen LogP contribution in [0.15, 0.2) is 18.2 Å². The Kier molecular flexibility index (Phi) is 5.56. The molecule has 100 valence electrons. The molecule has 2 N–H and O–H groups in total. The van der Waals surface area contributed by atoms with Crippen LogP contribution < -0.4 is 10.6 Å². The Morgan fingerprint density at radius 3 is 2.94 bits per heavy atom. The molecule has 0 radical (unpaired) electrons. The summed E-state index contributed by atoms with van der Waals surface area (Å²) >= 11 is 0. The van der Waals surface area contributed by atoms with Crippen LogP contribution in [0.25, 0.3) is 0 Å². The summed E-state index contributed by atoms with van der Waals surface area (Å²) in [7, 11) is 0. The van der Waals surface area contributed by atoms with Crippen molar-refractivity contribution in [2.45, 2.75) is 25.8 Å². The van der Waals surface area contributed by atoms with Crippen LogP contribution >= 0.6 is 12.4 Å². The van der Waals surface area contributed by atoms with E-state index < -0.39 is 0 Å². The lowest BCUT2D eigenvalue weighted by atomic mass is 10.1. The quantitative estimate of drug-likeness (QED) is 0.884. The molecule has 2 rings (SSSR count). The fourth-order valence-electron chi connectivity index (χ4n) is 2.03. The van der Waals surface area contributed by atoms with Gasteiger partial charge in [0.15, 0.2) is 0 Å². The van der Waals surface area contributed by atoms with Gasteiger partial charge >= 0.3 is 0 Å². The lowest BCUT2D eigenvalue weighted by Crippen LogP contribution is -2.37. The van der Waals surface area contributed by atoms with E-state index in [0.717, 1.165) is 19.4 Å². The van der Waals surface area contributed by atoms with Gasteiger partial charge in [-0.2, -0.15) is 0 Å². The minimum absolute atomic E-state index is 0.